The van der Waals surface area contributed by atoms with Crippen LogP contribution in [0.1, 0.15) is 57.2 Å². The molecule has 1 unspecified atom stereocenters. The minimum absolute atomic E-state index is 0.0366. The molecule has 0 aliphatic rings. The molecule has 3 heteroatoms. The van der Waals surface area contributed by atoms with E-state index < -0.39 is 0 Å². The van der Waals surface area contributed by atoms with E-state index in [0.29, 0.717) is 13.2 Å². The molecule has 0 saturated carbocycles. The third-order valence-corrected chi connectivity index (χ3v) is 3.06. The van der Waals surface area contributed by atoms with E-state index in [9.17, 15) is 0 Å². The van der Waals surface area contributed by atoms with Gasteiger partial charge in [-0.1, -0.05) is 25.8 Å². The number of hydrogen-bond donors (Lipinski definition) is 1. The van der Waals surface area contributed by atoms with Gasteiger partial charge in [0.05, 0.1) is 13.2 Å². The molecule has 0 amide bonds. The van der Waals surface area contributed by atoms with Crippen LogP contribution in [0.25, 0.3) is 0 Å². The molecular weight excluding hydrogens is 238 g/mol. The van der Waals surface area contributed by atoms with Gasteiger partial charge in [0.2, 0.25) is 0 Å². The first-order valence-corrected chi connectivity index (χ1v) is 7.28. The first-order valence-electron chi connectivity index (χ1n) is 7.28. The molecule has 1 aromatic rings. The van der Waals surface area contributed by atoms with Crippen LogP contribution in [0.4, 0.5) is 0 Å². The van der Waals surface area contributed by atoms with E-state index >= 15 is 0 Å². The highest BCUT2D eigenvalue weighted by Gasteiger charge is 2.07. The Morgan fingerprint density at radius 3 is 2.63 bits per heavy atom. The average Bonchev–Trinajstić information content (AvgIpc) is 2.40. The van der Waals surface area contributed by atoms with Crippen LogP contribution in [0, 0.1) is 0 Å². The summed E-state index contributed by atoms with van der Waals surface area (Å²) in [6.07, 6.45) is 3.55. The smallest absolute Gasteiger partial charge is 0.124 e. The molecule has 0 radical (unpaired) electrons. The first-order chi connectivity index (χ1) is 9.19. The topological polar surface area (TPSA) is 44.5 Å². The summed E-state index contributed by atoms with van der Waals surface area (Å²) < 4.78 is 11.4. The van der Waals surface area contributed by atoms with Gasteiger partial charge in [-0.3, -0.25) is 0 Å². The van der Waals surface area contributed by atoms with E-state index in [4.69, 9.17) is 15.2 Å². The Hall–Kier alpha value is -1.06. The summed E-state index contributed by atoms with van der Waals surface area (Å²) in [5.74, 6) is 0.905. The maximum Gasteiger partial charge on any atom is 0.124 e. The van der Waals surface area contributed by atoms with Crippen LogP contribution in [0.5, 0.6) is 5.75 Å². The summed E-state index contributed by atoms with van der Waals surface area (Å²) in [6.45, 7) is 8.24. The average molecular weight is 265 g/mol. The third-order valence-electron chi connectivity index (χ3n) is 3.06. The highest BCUT2D eigenvalue weighted by molar-refractivity contribution is 5.38. The molecule has 1 rings (SSSR count). The predicted octanol–water partition coefficient (Wildman–Crippen LogP) is 3.81. The van der Waals surface area contributed by atoms with Crippen molar-refractivity contribution in [3.05, 3.63) is 29.3 Å². The van der Waals surface area contributed by atoms with Gasteiger partial charge in [-0.2, -0.15) is 0 Å². The van der Waals surface area contributed by atoms with Crippen molar-refractivity contribution in [2.45, 2.75) is 52.7 Å². The first kappa shape index (κ1) is 16.0. The summed E-state index contributed by atoms with van der Waals surface area (Å²) >= 11 is 0. The van der Waals surface area contributed by atoms with Crippen molar-refractivity contribution in [1.82, 2.24) is 0 Å². The minimum atomic E-state index is 0.0366. The number of nitrogens with two attached hydrogens (primary N) is 1. The Balaban J connectivity index is 2.63. The van der Waals surface area contributed by atoms with Crippen molar-refractivity contribution in [3.63, 3.8) is 0 Å². The third kappa shape index (κ3) is 5.62. The molecule has 1 atom stereocenters. The van der Waals surface area contributed by atoms with E-state index in [2.05, 4.69) is 13.0 Å². The fourth-order valence-corrected chi connectivity index (χ4v) is 1.93. The second kappa shape index (κ2) is 8.94. The Kier molecular flexibility index (Phi) is 7.53. The zero-order valence-electron chi connectivity index (χ0n) is 12.4. The Bertz CT molecular complexity index is 364. The maximum absolute atomic E-state index is 5.92. The minimum Gasteiger partial charge on any atom is -0.494 e. The molecule has 19 heavy (non-hydrogen) atoms. The lowest BCUT2D eigenvalue weighted by atomic mass is 10.1. The number of rotatable bonds is 9. The number of hydrogen-bond acceptors (Lipinski definition) is 3. The van der Waals surface area contributed by atoms with E-state index in [0.717, 1.165) is 29.9 Å². The molecule has 0 aliphatic heterocycles. The lowest BCUT2D eigenvalue weighted by molar-refractivity contribution is 0.114. The van der Waals surface area contributed by atoms with Crippen LogP contribution in [0.3, 0.4) is 0 Å². The molecule has 0 saturated heterocycles. The SMILES string of the molecule is CCCCCOCc1cc(C(C)N)ccc1OCC. The van der Waals surface area contributed by atoms with Gasteiger partial charge >= 0.3 is 0 Å². The molecule has 1 aromatic carbocycles. The number of benzene rings is 1. The van der Waals surface area contributed by atoms with Crippen LogP contribution >= 0.6 is 0 Å². The van der Waals surface area contributed by atoms with Crippen LogP contribution < -0.4 is 10.5 Å². The zero-order valence-corrected chi connectivity index (χ0v) is 12.4. The lowest BCUT2D eigenvalue weighted by Gasteiger charge is -2.14. The van der Waals surface area contributed by atoms with Crippen molar-refractivity contribution in [1.29, 1.82) is 0 Å². The molecule has 3 nitrogen and oxygen atoms in total. The fraction of sp³-hybridized carbons (Fsp3) is 0.625. The molecule has 0 aliphatic carbocycles. The van der Waals surface area contributed by atoms with Gasteiger partial charge in [-0.15, -0.1) is 0 Å². The second-order valence-electron chi connectivity index (χ2n) is 4.85. The van der Waals surface area contributed by atoms with E-state index in [1.165, 1.54) is 12.8 Å². The quantitative estimate of drug-likeness (QED) is 0.690. The van der Waals surface area contributed by atoms with Gasteiger partial charge in [0.1, 0.15) is 5.75 Å². The monoisotopic (exact) mass is 265 g/mol. The molecule has 108 valence electrons. The Labute approximate surface area is 117 Å². The lowest BCUT2D eigenvalue weighted by Crippen LogP contribution is -2.07. The van der Waals surface area contributed by atoms with Crippen LogP contribution in [-0.2, 0) is 11.3 Å². The summed E-state index contributed by atoms with van der Waals surface area (Å²) in [4.78, 5) is 0. The number of ether oxygens (including phenoxy) is 2. The molecule has 0 aromatic heterocycles. The van der Waals surface area contributed by atoms with Gasteiger partial charge in [0.25, 0.3) is 0 Å². The molecule has 2 N–H and O–H groups in total. The molecule has 0 spiro atoms. The highest BCUT2D eigenvalue weighted by atomic mass is 16.5. The zero-order chi connectivity index (χ0) is 14.1. The second-order valence-corrected chi connectivity index (χ2v) is 4.85. The van der Waals surface area contributed by atoms with Crippen molar-refractivity contribution in [2.24, 2.45) is 5.73 Å². The molecule has 0 bridgehead atoms. The van der Waals surface area contributed by atoms with Gasteiger partial charge in [0, 0.05) is 18.2 Å². The van der Waals surface area contributed by atoms with Crippen molar-refractivity contribution in [3.8, 4) is 5.75 Å². The van der Waals surface area contributed by atoms with E-state index in [1.807, 2.05) is 26.0 Å². The highest BCUT2D eigenvalue weighted by Crippen LogP contribution is 2.23. The van der Waals surface area contributed by atoms with Gasteiger partial charge < -0.3 is 15.2 Å². The largest absolute Gasteiger partial charge is 0.494 e. The molecule has 0 fully saturated rings. The van der Waals surface area contributed by atoms with Gasteiger partial charge in [-0.25, -0.2) is 0 Å². The van der Waals surface area contributed by atoms with Crippen LogP contribution in [-0.4, -0.2) is 13.2 Å². The summed E-state index contributed by atoms with van der Waals surface area (Å²) in [5, 5.41) is 0. The van der Waals surface area contributed by atoms with Crippen LogP contribution in [0.15, 0.2) is 18.2 Å². The summed E-state index contributed by atoms with van der Waals surface area (Å²) in [7, 11) is 0. The van der Waals surface area contributed by atoms with E-state index in [1.54, 1.807) is 0 Å². The molecule has 0 heterocycles. The molecular formula is C16H27NO2. The summed E-state index contributed by atoms with van der Waals surface area (Å²) in [6, 6.07) is 6.15. The maximum atomic E-state index is 5.92. The van der Waals surface area contributed by atoms with Gasteiger partial charge in [-0.05, 0) is 38.0 Å². The predicted molar refractivity (Wildman–Crippen MR) is 79.4 cm³/mol. The van der Waals surface area contributed by atoms with Gasteiger partial charge in [0.15, 0.2) is 0 Å². The Morgan fingerprint density at radius 1 is 1.21 bits per heavy atom. The Morgan fingerprint density at radius 2 is 2.00 bits per heavy atom. The van der Waals surface area contributed by atoms with Crippen molar-refractivity contribution in [2.75, 3.05) is 13.2 Å². The van der Waals surface area contributed by atoms with Crippen molar-refractivity contribution < 1.29 is 9.47 Å². The number of unbranched alkanes of at least 4 members (excludes halogenated alkanes) is 2. The standard InChI is InChI=1S/C16H27NO2/c1-4-6-7-10-18-12-15-11-14(13(3)17)8-9-16(15)19-5-2/h8-9,11,13H,4-7,10,12,17H2,1-3H3. The normalized spacial score (nSPS) is 12.4. The van der Waals surface area contributed by atoms with Crippen molar-refractivity contribution >= 4 is 0 Å². The van der Waals surface area contributed by atoms with Crippen LogP contribution in [0.2, 0.25) is 0 Å². The fourth-order valence-electron chi connectivity index (χ4n) is 1.93. The van der Waals surface area contributed by atoms with E-state index in [-0.39, 0.29) is 6.04 Å². The summed E-state index contributed by atoms with van der Waals surface area (Å²) in [5.41, 5.74) is 8.13.